The summed E-state index contributed by atoms with van der Waals surface area (Å²) in [7, 11) is 0. The van der Waals surface area contributed by atoms with Gasteiger partial charge in [0.05, 0.1) is 0 Å². The Morgan fingerprint density at radius 1 is 1.29 bits per heavy atom. The first-order chi connectivity index (χ1) is 2.89. The second-order valence-corrected chi connectivity index (χ2v) is 0.758. The normalized spacial score (nSPS) is 7.43. The first-order valence-electron chi connectivity index (χ1n) is 1.42. The van der Waals surface area contributed by atoms with E-state index in [0.717, 1.165) is 0 Å². The third kappa shape index (κ3) is 1.91. The van der Waals surface area contributed by atoms with E-state index in [2.05, 4.69) is 8.83 Å². The summed E-state index contributed by atoms with van der Waals surface area (Å²) in [5.41, 5.74) is 0. The van der Waals surface area contributed by atoms with Crippen LogP contribution >= 0.6 is 0 Å². The van der Waals surface area contributed by atoms with Crippen molar-refractivity contribution in [1.82, 2.24) is 0 Å². The van der Waals surface area contributed by atoms with E-state index in [1.165, 1.54) is 12.5 Å². The van der Waals surface area contributed by atoms with Gasteiger partial charge in [0.15, 0.2) is 0 Å². The molecule has 0 aliphatic carbocycles. The van der Waals surface area contributed by atoms with Crippen LogP contribution in [0.3, 0.4) is 0 Å². The minimum absolute atomic E-state index is 0. The maximum absolute atomic E-state index is 9.74. The number of hydrogen-bond acceptors (Lipinski definition) is 3. The van der Waals surface area contributed by atoms with Crippen molar-refractivity contribution in [2.45, 2.75) is 0 Å². The maximum atomic E-state index is 9.74. The molecule has 2 radical (unpaired) electrons. The molecule has 0 N–H and O–H groups in total. The summed E-state index contributed by atoms with van der Waals surface area (Å²) in [5.74, 6) is -0.657. The first-order valence-corrected chi connectivity index (χ1v) is 1.42. The fourth-order valence-electron chi connectivity index (χ4n) is 0.194. The topological polar surface area (TPSA) is 43.4 Å². The van der Waals surface area contributed by atoms with Crippen LogP contribution in [0, 0.1) is 0 Å². The molecule has 0 fully saturated rings. The summed E-state index contributed by atoms with van der Waals surface area (Å²) in [6.07, 6.45) is 2.37. The van der Waals surface area contributed by atoms with Gasteiger partial charge in [-0.2, -0.15) is 0 Å². The van der Waals surface area contributed by atoms with Crippen LogP contribution in [0.1, 0.15) is 0 Å². The van der Waals surface area contributed by atoms with Crippen molar-refractivity contribution in [2.24, 2.45) is 0 Å². The Kier molecular flexibility index (Phi) is 2.97. The molecule has 0 saturated heterocycles. The minimum atomic E-state index is -0.657. The zero-order valence-electron chi connectivity index (χ0n) is 3.59. The quantitative estimate of drug-likeness (QED) is 0.596. The number of rotatable bonds is 0. The Hall–Kier alpha value is -0.0679. The average Bonchev–Trinajstić information content (AvgIpc) is 1.86. The van der Waals surface area contributed by atoms with E-state index < -0.39 is 5.82 Å². The predicted octanol–water partition coefficient (Wildman–Crippen LogP) is -0.683. The van der Waals surface area contributed by atoms with Crippen LogP contribution in [0.4, 0.5) is 0 Å². The zero-order chi connectivity index (χ0) is 4.41. The Balaban J connectivity index is 0.000000360. The predicted molar refractivity (Wildman–Crippen MR) is 25.8 cm³/mol. The molecule has 0 aliphatic rings. The van der Waals surface area contributed by atoms with Crippen LogP contribution in [0.15, 0.2) is 26.2 Å². The van der Waals surface area contributed by atoms with E-state index in [-0.39, 0.29) is 27.3 Å². The van der Waals surface area contributed by atoms with Gasteiger partial charge in [0.2, 0.25) is 0 Å². The fourth-order valence-corrected chi connectivity index (χ4v) is 0.194. The van der Waals surface area contributed by atoms with Crippen molar-refractivity contribution in [3.8, 4) is 0 Å². The molecule has 38 valence electrons. The van der Waals surface area contributed by atoms with Crippen molar-refractivity contribution in [3.05, 3.63) is 23.1 Å². The van der Waals surface area contributed by atoms with E-state index in [4.69, 9.17) is 0 Å². The summed E-state index contributed by atoms with van der Waals surface area (Å²) in [4.78, 5) is 9.74. The van der Waals surface area contributed by atoms with E-state index in [0.29, 0.717) is 0 Å². The average molecular weight is 295 g/mol. The standard InChI is InChI=1S/C3H2O3.Pb.2H/c4-3-5-1-2-6-3;;;/h1-2H;;;. The van der Waals surface area contributed by atoms with Gasteiger partial charge in [0, 0.05) is 0 Å². The molecule has 1 rings (SSSR count). The Morgan fingerprint density at radius 3 is 1.86 bits per heavy atom. The van der Waals surface area contributed by atoms with Crippen molar-refractivity contribution in [1.29, 1.82) is 0 Å². The number of hydrogen-bond donors (Lipinski definition) is 0. The molecule has 1 aromatic heterocycles. The summed E-state index contributed by atoms with van der Waals surface area (Å²) in [5, 5.41) is 0. The van der Waals surface area contributed by atoms with Gasteiger partial charge in [-0.1, -0.05) is 0 Å². The van der Waals surface area contributed by atoms with Crippen LogP contribution in [0.25, 0.3) is 0 Å². The van der Waals surface area contributed by atoms with E-state index in [1.54, 1.807) is 0 Å². The molecule has 0 amide bonds. The van der Waals surface area contributed by atoms with Crippen molar-refractivity contribution in [2.75, 3.05) is 0 Å². The van der Waals surface area contributed by atoms with Gasteiger partial charge in [-0.05, 0) is 0 Å². The molecule has 0 aliphatic heterocycles. The van der Waals surface area contributed by atoms with E-state index in [9.17, 15) is 4.79 Å². The van der Waals surface area contributed by atoms with Crippen LogP contribution in [0.5, 0.6) is 0 Å². The monoisotopic (exact) mass is 296 g/mol. The van der Waals surface area contributed by atoms with Crippen molar-refractivity contribution in [3.63, 3.8) is 0 Å². The summed E-state index contributed by atoms with van der Waals surface area (Å²) in [6.45, 7) is 0. The van der Waals surface area contributed by atoms with Gasteiger partial charge in [0.25, 0.3) is 0 Å². The molecule has 1 aromatic rings. The molecular weight excluding hydrogens is 291 g/mol. The van der Waals surface area contributed by atoms with Gasteiger partial charge in [-0.15, -0.1) is 0 Å². The molecule has 0 bridgehead atoms. The molecule has 0 atom stereocenters. The third-order valence-corrected chi connectivity index (χ3v) is 0.384. The Morgan fingerprint density at radius 2 is 1.71 bits per heavy atom. The van der Waals surface area contributed by atoms with Crippen molar-refractivity contribution >= 4 is 27.3 Å². The van der Waals surface area contributed by atoms with Crippen LogP contribution in [0.2, 0.25) is 0 Å². The Bertz CT molecular complexity index is 148. The molecule has 7 heavy (non-hydrogen) atoms. The second kappa shape index (κ2) is 3.00. The second-order valence-electron chi connectivity index (χ2n) is 0.758. The molecule has 3 nitrogen and oxygen atoms in total. The van der Waals surface area contributed by atoms with Gasteiger partial charge in [0.1, 0.15) is 12.5 Å². The zero-order valence-corrected chi connectivity index (χ0v) is 9.08. The van der Waals surface area contributed by atoms with Gasteiger partial charge in [-0.3, -0.25) is 0 Å². The van der Waals surface area contributed by atoms with Gasteiger partial charge in [-0.25, -0.2) is 4.79 Å². The van der Waals surface area contributed by atoms with Gasteiger partial charge < -0.3 is 8.83 Å². The third-order valence-electron chi connectivity index (χ3n) is 0.384. The molecule has 0 aromatic carbocycles. The molecule has 0 spiro atoms. The summed E-state index contributed by atoms with van der Waals surface area (Å²) >= 11 is 0. The van der Waals surface area contributed by atoms with Crippen LogP contribution in [-0.4, -0.2) is 27.3 Å². The molecule has 0 unspecified atom stereocenters. The van der Waals surface area contributed by atoms with Crippen LogP contribution in [-0.2, 0) is 0 Å². The first kappa shape index (κ1) is 6.93. The van der Waals surface area contributed by atoms with Crippen LogP contribution < -0.4 is 5.82 Å². The van der Waals surface area contributed by atoms with E-state index in [1.807, 2.05) is 0 Å². The SMILES string of the molecule is O=c1occo1.[PbH2]. The van der Waals surface area contributed by atoms with Gasteiger partial charge >= 0.3 is 33.1 Å². The Labute approximate surface area is 59.5 Å². The fraction of sp³-hybridized carbons (Fsp3) is 0. The van der Waals surface area contributed by atoms with Crippen molar-refractivity contribution < 1.29 is 8.83 Å². The summed E-state index contributed by atoms with van der Waals surface area (Å²) < 4.78 is 8.22. The molecule has 0 saturated carbocycles. The summed E-state index contributed by atoms with van der Waals surface area (Å²) in [6, 6.07) is 0. The van der Waals surface area contributed by atoms with E-state index >= 15 is 0 Å². The molecular formula is C3H4O3Pb. The molecule has 1 heterocycles. The molecule has 4 heteroatoms.